The summed E-state index contributed by atoms with van der Waals surface area (Å²) in [6.45, 7) is 7.08. The molecule has 2 rings (SSSR count). The van der Waals surface area contributed by atoms with E-state index in [9.17, 15) is 4.79 Å². The third kappa shape index (κ3) is 9.78. The van der Waals surface area contributed by atoms with Crippen molar-refractivity contribution in [2.24, 2.45) is 5.92 Å². The summed E-state index contributed by atoms with van der Waals surface area (Å²) < 4.78 is 11.3. The van der Waals surface area contributed by atoms with Crippen LogP contribution in [-0.4, -0.2) is 18.0 Å². The van der Waals surface area contributed by atoms with Gasteiger partial charge in [0, 0.05) is 0 Å². The number of alkyl halides is 1. The normalized spacial score (nSPS) is 12.0. The van der Waals surface area contributed by atoms with E-state index in [2.05, 4.69) is 19.1 Å². The number of halogens is 1. The molecule has 170 valence electrons. The van der Waals surface area contributed by atoms with Crippen LogP contribution >= 0.6 is 11.6 Å². The van der Waals surface area contributed by atoms with Gasteiger partial charge in [-0.25, -0.2) is 0 Å². The Balaban J connectivity index is 1.76. The van der Waals surface area contributed by atoms with Crippen molar-refractivity contribution < 1.29 is 14.3 Å². The number of ether oxygens (including phenoxy) is 2. The fourth-order valence-corrected chi connectivity index (χ4v) is 3.80. The molecule has 0 aliphatic rings. The number of benzene rings is 2. The molecular formula is C27H37ClO3. The molecule has 0 fully saturated rings. The van der Waals surface area contributed by atoms with Crippen LogP contribution in [0.3, 0.4) is 0 Å². The molecule has 0 saturated heterocycles. The highest BCUT2D eigenvalue weighted by molar-refractivity contribution is 6.30. The molecule has 0 heterocycles. The highest BCUT2D eigenvalue weighted by Crippen LogP contribution is 2.25. The average molecular weight is 445 g/mol. The van der Waals surface area contributed by atoms with Gasteiger partial charge in [0.05, 0.1) is 6.61 Å². The molecule has 0 bridgehead atoms. The highest BCUT2D eigenvalue weighted by atomic mass is 35.5. The van der Waals surface area contributed by atoms with Crippen LogP contribution in [0.25, 0.3) is 11.1 Å². The Bertz CT molecular complexity index is 753. The van der Waals surface area contributed by atoms with Gasteiger partial charge in [-0.15, -0.1) is 11.6 Å². The summed E-state index contributed by atoms with van der Waals surface area (Å²) in [7, 11) is 0. The van der Waals surface area contributed by atoms with E-state index in [1.165, 1.54) is 38.5 Å². The zero-order valence-electron chi connectivity index (χ0n) is 19.2. The summed E-state index contributed by atoms with van der Waals surface area (Å²) in [4.78, 5) is 12.1. The van der Waals surface area contributed by atoms with Crippen LogP contribution in [0.4, 0.5) is 0 Å². The van der Waals surface area contributed by atoms with Gasteiger partial charge in [0.25, 0.3) is 0 Å². The van der Waals surface area contributed by atoms with E-state index in [-0.39, 0.29) is 0 Å². The topological polar surface area (TPSA) is 35.5 Å². The molecule has 0 radical (unpaired) electrons. The quantitative estimate of drug-likeness (QED) is 0.128. The van der Waals surface area contributed by atoms with Crippen molar-refractivity contribution in [2.45, 2.75) is 77.5 Å². The second kappa shape index (κ2) is 14.1. The lowest BCUT2D eigenvalue weighted by atomic mass is 10.1. The van der Waals surface area contributed by atoms with E-state index >= 15 is 0 Å². The molecule has 0 amide bonds. The molecule has 0 aliphatic carbocycles. The van der Waals surface area contributed by atoms with Crippen molar-refractivity contribution in [3.05, 3.63) is 48.5 Å². The number of carbonyl (C=O) groups is 1. The summed E-state index contributed by atoms with van der Waals surface area (Å²) in [5, 5.41) is -0.617. The van der Waals surface area contributed by atoms with Gasteiger partial charge in [-0.3, -0.25) is 4.79 Å². The lowest BCUT2D eigenvalue weighted by Gasteiger charge is -2.12. The second-order valence-corrected chi connectivity index (χ2v) is 9.06. The summed E-state index contributed by atoms with van der Waals surface area (Å²) in [6, 6.07) is 15.6. The van der Waals surface area contributed by atoms with E-state index in [0.717, 1.165) is 29.9 Å². The van der Waals surface area contributed by atoms with Crippen molar-refractivity contribution in [3.63, 3.8) is 0 Å². The number of carbonyl (C=O) groups excluding carboxylic acids is 1. The van der Waals surface area contributed by atoms with Gasteiger partial charge >= 0.3 is 5.97 Å². The van der Waals surface area contributed by atoms with Gasteiger partial charge in [-0.1, -0.05) is 83.6 Å². The van der Waals surface area contributed by atoms with Crippen LogP contribution in [0.1, 0.15) is 72.1 Å². The number of hydrogen-bond donors (Lipinski definition) is 0. The molecule has 4 heteroatoms. The van der Waals surface area contributed by atoms with Gasteiger partial charge in [0.15, 0.2) is 0 Å². The lowest BCUT2D eigenvalue weighted by molar-refractivity contribution is -0.134. The van der Waals surface area contributed by atoms with Gasteiger partial charge in [-0.05, 0) is 54.2 Å². The Kier molecular flexibility index (Phi) is 11.5. The maximum absolute atomic E-state index is 12.1. The molecule has 0 spiro atoms. The maximum Gasteiger partial charge on any atom is 0.329 e. The van der Waals surface area contributed by atoms with Crippen molar-refractivity contribution in [2.75, 3.05) is 6.61 Å². The minimum atomic E-state index is -0.617. The first-order valence-electron chi connectivity index (χ1n) is 11.7. The first-order chi connectivity index (χ1) is 15.0. The van der Waals surface area contributed by atoms with E-state index in [4.69, 9.17) is 21.1 Å². The monoisotopic (exact) mass is 444 g/mol. The van der Waals surface area contributed by atoms with Gasteiger partial charge in [-0.2, -0.15) is 0 Å². The number of esters is 1. The molecule has 0 aliphatic heterocycles. The fraction of sp³-hybridized carbons (Fsp3) is 0.519. The minimum Gasteiger partial charge on any atom is -0.494 e. The molecule has 0 N–H and O–H groups in total. The van der Waals surface area contributed by atoms with Crippen molar-refractivity contribution in [1.82, 2.24) is 0 Å². The molecule has 0 saturated carbocycles. The molecule has 1 atom stereocenters. The molecule has 2 aromatic carbocycles. The first-order valence-corrected chi connectivity index (χ1v) is 12.1. The smallest absolute Gasteiger partial charge is 0.329 e. The van der Waals surface area contributed by atoms with E-state index in [0.29, 0.717) is 18.1 Å². The van der Waals surface area contributed by atoms with Crippen LogP contribution in [0.5, 0.6) is 11.5 Å². The SMILES string of the molecule is CCCCCCCCCOc1ccc(-c2ccc(OC(=O)C(Cl)CC(C)C)cc2)cc1. The van der Waals surface area contributed by atoms with Crippen LogP contribution in [0.15, 0.2) is 48.5 Å². The zero-order chi connectivity index (χ0) is 22.5. The van der Waals surface area contributed by atoms with E-state index in [1.807, 2.05) is 38.1 Å². The lowest BCUT2D eigenvalue weighted by Crippen LogP contribution is -2.22. The van der Waals surface area contributed by atoms with E-state index < -0.39 is 11.3 Å². The van der Waals surface area contributed by atoms with Gasteiger partial charge in [0.2, 0.25) is 0 Å². The molecular weight excluding hydrogens is 408 g/mol. The van der Waals surface area contributed by atoms with Gasteiger partial charge < -0.3 is 9.47 Å². The molecule has 2 aromatic rings. The third-order valence-corrected chi connectivity index (χ3v) is 5.57. The van der Waals surface area contributed by atoms with Crippen LogP contribution in [-0.2, 0) is 4.79 Å². The average Bonchev–Trinajstić information content (AvgIpc) is 2.76. The second-order valence-electron chi connectivity index (χ2n) is 8.54. The Morgan fingerprint density at radius 3 is 1.87 bits per heavy atom. The standard InChI is InChI=1S/C27H37ClO3/c1-4-5-6-7-8-9-10-19-30-24-15-11-22(12-16-24)23-13-17-25(18-14-23)31-27(29)26(28)20-21(2)3/h11-18,21,26H,4-10,19-20H2,1-3H3. The molecule has 3 nitrogen and oxygen atoms in total. The number of unbranched alkanes of at least 4 members (excludes halogenated alkanes) is 6. The number of hydrogen-bond acceptors (Lipinski definition) is 3. The van der Waals surface area contributed by atoms with Crippen molar-refractivity contribution in [3.8, 4) is 22.6 Å². The van der Waals surface area contributed by atoms with Crippen LogP contribution in [0, 0.1) is 5.92 Å². The fourth-order valence-electron chi connectivity index (χ4n) is 3.40. The van der Waals surface area contributed by atoms with Gasteiger partial charge in [0.1, 0.15) is 16.9 Å². The van der Waals surface area contributed by atoms with Crippen molar-refractivity contribution >= 4 is 17.6 Å². The Hall–Kier alpha value is -2.00. The zero-order valence-corrected chi connectivity index (χ0v) is 20.0. The summed E-state index contributed by atoms with van der Waals surface area (Å²) in [6.07, 6.45) is 9.59. The van der Waals surface area contributed by atoms with Crippen LogP contribution < -0.4 is 9.47 Å². The maximum atomic E-state index is 12.1. The number of rotatable bonds is 14. The Morgan fingerprint density at radius 1 is 0.806 bits per heavy atom. The Labute approximate surface area is 193 Å². The largest absolute Gasteiger partial charge is 0.494 e. The predicted octanol–water partition coefficient (Wildman–Crippen LogP) is 8.04. The third-order valence-electron chi connectivity index (χ3n) is 5.21. The predicted molar refractivity (Wildman–Crippen MR) is 130 cm³/mol. The molecule has 31 heavy (non-hydrogen) atoms. The summed E-state index contributed by atoms with van der Waals surface area (Å²) in [5.74, 6) is 1.36. The molecule has 1 unspecified atom stereocenters. The summed E-state index contributed by atoms with van der Waals surface area (Å²) in [5.41, 5.74) is 2.15. The van der Waals surface area contributed by atoms with Crippen molar-refractivity contribution in [1.29, 1.82) is 0 Å². The Morgan fingerprint density at radius 2 is 1.32 bits per heavy atom. The first kappa shape index (κ1) is 25.3. The summed E-state index contributed by atoms with van der Waals surface area (Å²) >= 11 is 6.11. The molecule has 0 aromatic heterocycles. The minimum absolute atomic E-state index is 0.347. The highest BCUT2D eigenvalue weighted by Gasteiger charge is 2.19. The van der Waals surface area contributed by atoms with Crippen LogP contribution in [0.2, 0.25) is 0 Å². The van der Waals surface area contributed by atoms with E-state index in [1.54, 1.807) is 12.1 Å².